The average molecular weight is 580 g/mol. The molecule has 1 aliphatic carbocycles. The van der Waals surface area contributed by atoms with Crippen LogP contribution in [0, 0.1) is 5.92 Å². The molecule has 224 valence electrons. The molecule has 1 N–H and O–H groups in total. The van der Waals surface area contributed by atoms with E-state index >= 15 is 0 Å². The Kier molecular flexibility index (Phi) is 11.3. The lowest BCUT2D eigenvalue weighted by Crippen LogP contribution is -2.34. The number of azide groups is 1. The largest absolute Gasteiger partial charge is 0.493 e. The van der Waals surface area contributed by atoms with Gasteiger partial charge in [-0.2, -0.15) is 0 Å². The Morgan fingerprint density at radius 1 is 0.690 bits per heavy atom. The molecule has 0 aromatic heterocycles. The van der Waals surface area contributed by atoms with Crippen LogP contribution in [0.25, 0.3) is 10.4 Å². The Morgan fingerprint density at radius 2 is 1.24 bits per heavy atom. The minimum Gasteiger partial charge on any atom is -0.493 e. The maximum Gasteiger partial charge on any atom is 0.161 e. The van der Waals surface area contributed by atoms with E-state index in [9.17, 15) is 10.6 Å². The highest BCUT2D eigenvalue weighted by Crippen LogP contribution is 2.37. The monoisotopic (exact) mass is 579 g/mol. The summed E-state index contributed by atoms with van der Waals surface area (Å²) in [4.78, 5) is 3.00. The van der Waals surface area contributed by atoms with Crippen LogP contribution in [-0.4, -0.2) is 64.5 Å². The van der Waals surface area contributed by atoms with Gasteiger partial charge in [0.05, 0.1) is 79.2 Å². The summed E-state index contributed by atoms with van der Waals surface area (Å²) < 4.78 is 40.2. The number of nitrogens with zero attached hydrogens (tertiary/aromatic N) is 3. The molecule has 0 spiro atoms. The van der Waals surface area contributed by atoms with E-state index in [1.807, 2.05) is 54.6 Å². The number of aliphatic hydroxyl groups excluding tert-OH is 1. The fraction of sp³-hybridized carbons (Fsp3) is 0.419. The Hall–Kier alpha value is -3.99. The molecule has 42 heavy (non-hydrogen) atoms. The van der Waals surface area contributed by atoms with Gasteiger partial charge in [-0.15, -0.1) is 0 Å². The molecule has 4 rings (SSSR count). The van der Waals surface area contributed by atoms with E-state index in [1.54, 1.807) is 40.6 Å². The van der Waals surface area contributed by atoms with Crippen LogP contribution in [0.5, 0.6) is 23.0 Å². The highest BCUT2D eigenvalue weighted by molar-refractivity contribution is 5.43. The number of rotatable bonds is 15. The quantitative estimate of drug-likeness (QED) is 0.150. The summed E-state index contributed by atoms with van der Waals surface area (Å²) >= 11 is 0. The van der Waals surface area contributed by atoms with Gasteiger partial charge in [0.25, 0.3) is 0 Å². The predicted molar refractivity (Wildman–Crippen MR) is 155 cm³/mol. The molecular weight excluding hydrogens is 542 g/mol. The van der Waals surface area contributed by atoms with E-state index < -0.39 is 30.3 Å². The van der Waals surface area contributed by atoms with Gasteiger partial charge in [-0.3, -0.25) is 0 Å². The van der Waals surface area contributed by atoms with Crippen LogP contribution in [0.3, 0.4) is 0 Å². The van der Waals surface area contributed by atoms with Gasteiger partial charge in [0, 0.05) is 10.8 Å². The average Bonchev–Trinajstić information content (AvgIpc) is 3.28. The van der Waals surface area contributed by atoms with Gasteiger partial charge in [-0.05, 0) is 46.5 Å². The van der Waals surface area contributed by atoms with Gasteiger partial charge in [0.1, 0.15) is 0 Å². The smallest absolute Gasteiger partial charge is 0.161 e. The van der Waals surface area contributed by atoms with Crippen LogP contribution in [0.15, 0.2) is 71.8 Å². The molecule has 0 bridgehead atoms. The molecule has 3 aromatic rings. The zero-order chi connectivity index (χ0) is 29.9. The Morgan fingerprint density at radius 3 is 1.76 bits per heavy atom. The first-order valence-corrected chi connectivity index (χ1v) is 13.5. The third kappa shape index (κ3) is 7.44. The zero-order valence-electron chi connectivity index (χ0n) is 24.2. The van der Waals surface area contributed by atoms with Crippen molar-refractivity contribution in [2.24, 2.45) is 11.0 Å². The van der Waals surface area contributed by atoms with Crippen molar-refractivity contribution in [2.45, 2.75) is 44.2 Å². The molecule has 0 aliphatic heterocycles. The van der Waals surface area contributed by atoms with E-state index in [0.29, 0.717) is 29.6 Å². The lowest BCUT2D eigenvalue weighted by Gasteiger charge is -2.26. The first-order chi connectivity index (χ1) is 20.5. The first kappa shape index (κ1) is 31.0. The van der Waals surface area contributed by atoms with Crippen LogP contribution in [0.4, 0.5) is 0 Å². The van der Waals surface area contributed by atoms with Gasteiger partial charge < -0.3 is 38.3 Å². The van der Waals surface area contributed by atoms with Crippen molar-refractivity contribution >= 4 is 0 Å². The van der Waals surface area contributed by atoms with Crippen molar-refractivity contribution in [3.63, 3.8) is 0 Å². The van der Waals surface area contributed by atoms with Crippen molar-refractivity contribution in [3.8, 4) is 23.0 Å². The fourth-order valence-electron chi connectivity index (χ4n) is 5.12. The number of benzene rings is 3. The Bertz CT molecular complexity index is 1340. The summed E-state index contributed by atoms with van der Waals surface area (Å²) in [5.74, 6) is 1.88. The zero-order valence-corrected chi connectivity index (χ0v) is 24.2. The summed E-state index contributed by atoms with van der Waals surface area (Å²) in [6, 6.07) is 19.8. The van der Waals surface area contributed by atoms with Gasteiger partial charge in [0.15, 0.2) is 23.0 Å². The summed E-state index contributed by atoms with van der Waals surface area (Å²) in [5, 5.41) is 15.3. The number of methoxy groups -OCH3 is 4. The van der Waals surface area contributed by atoms with Gasteiger partial charge in [-0.25, -0.2) is 0 Å². The van der Waals surface area contributed by atoms with Crippen LogP contribution >= 0.6 is 0 Å². The maximum atomic E-state index is 11.3. The van der Waals surface area contributed by atoms with E-state index in [4.69, 9.17) is 33.2 Å². The summed E-state index contributed by atoms with van der Waals surface area (Å²) in [5.41, 5.74) is 12.0. The minimum absolute atomic E-state index is 0.169. The second-order valence-corrected chi connectivity index (χ2v) is 9.78. The normalized spacial score (nSPS) is 21.4. The van der Waals surface area contributed by atoms with Gasteiger partial charge >= 0.3 is 0 Å². The van der Waals surface area contributed by atoms with E-state index in [1.165, 1.54) is 0 Å². The van der Waals surface area contributed by atoms with Crippen LogP contribution in [-0.2, 0) is 34.0 Å². The summed E-state index contributed by atoms with van der Waals surface area (Å²) in [6.45, 7) is 0.913. The molecule has 5 atom stereocenters. The molecule has 0 unspecified atom stereocenters. The third-order valence-electron chi connectivity index (χ3n) is 7.25. The summed E-state index contributed by atoms with van der Waals surface area (Å²) in [7, 11) is 6.27. The second-order valence-electron chi connectivity index (χ2n) is 9.78. The topological polar surface area (TPSA) is 134 Å². The Balaban J connectivity index is 1.56. The maximum absolute atomic E-state index is 11.3. The molecule has 0 heterocycles. The molecule has 1 saturated carbocycles. The van der Waals surface area contributed by atoms with Crippen molar-refractivity contribution in [3.05, 3.63) is 93.9 Å². The highest BCUT2D eigenvalue weighted by atomic mass is 16.5. The number of hydrogen-bond acceptors (Lipinski definition) is 9. The Labute approximate surface area is 245 Å². The van der Waals surface area contributed by atoms with Crippen LogP contribution in [0.2, 0.25) is 0 Å². The van der Waals surface area contributed by atoms with Gasteiger partial charge in [0.2, 0.25) is 0 Å². The molecule has 0 saturated heterocycles. The third-order valence-corrected chi connectivity index (χ3v) is 7.25. The van der Waals surface area contributed by atoms with Crippen LogP contribution < -0.4 is 18.9 Å². The second kappa shape index (κ2) is 15.3. The summed E-state index contributed by atoms with van der Waals surface area (Å²) in [6.07, 6.45) is -2.54. The molecule has 0 amide bonds. The molecule has 1 aliphatic rings. The molecule has 11 nitrogen and oxygen atoms in total. The number of hydrogen-bond donors (Lipinski definition) is 1. The molecule has 1 fully saturated rings. The van der Waals surface area contributed by atoms with Crippen molar-refractivity contribution in [1.82, 2.24) is 0 Å². The van der Waals surface area contributed by atoms with Crippen molar-refractivity contribution < 1.29 is 38.3 Å². The van der Waals surface area contributed by atoms with E-state index in [2.05, 4.69) is 10.0 Å². The lowest BCUT2D eigenvalue weighted by atomic mass is 10.0. The van der Waals surface area contributed by atoms with Crippen molar-refractivity contribution in [2.75, 3.05) is 35.0 Å². The number of ether oxygens (including phenoxy) is 7. The molecular formula is C31H37N3O8. The fourth-order valence-corrected chi connectivity index (χ4v) is 5.12. The van der Waals surface area contributed by atoms with E-state index in [0.717, 1.165) is 16.7 Å². The number of aliphatic hydroxyl groups is 1. The SMILES string of the molecule is COc1ccc(CO[C@@H]2[C@@H](O)[C@H](N=[N+]=[N-])[C@H](OCc3ccc(OC)c(OC)c3)[C@H]2COCc2ccccc2)cc1OC. The molecule has 0 radical (unpaired) electrons. The van der Waals surface area contributed by atoms with Crippen LogP contribution in [0.1, 0.15) is 16.7 Å². The van der Waals surface area contributed by atoms with Crippen molar-refractivity contribution in [1.29, 1.82) is 0 Å². The van der Waals surface area contributed by atoms with Gasteiger partial charge in [-0.1, -0.05) is 47.6 Å². The highest BCUT2D eigenvalue weighted by Gasteiger charge is 2.51. The molecule has 3 aromatic carbocycles. The predicted octanol–water partition coefficient (Wildman–Crippen LogP) is 5.08. The lowest BCUT2D eigenvalue weighted by molar-refractivity contribution is -0.0868. The molecule has 11 heteroatoms. The first-order valence-electron chi connectivity index (χ1n) is 13.5. The minimum atomic E-state index is -1.12. The van der Waals surface area contributed by atoms with E-state index in [-0.39, 0.29) is 19.8 Å². The standard InChI is InChI=1S/C31H37N3O8/c1-36-24-12-10-21(14-26(24)38-3)17-41-30-23(19-40-16-20-8-6-5-7-9-20)31(29(35)28(30)33-34-32)42-18-22-11-13-25(37-2)27(15-22)39-4/h5-15,23,28-31,35H,16-19H2,1-4H3/t23-,28+,29+,30-,31+/m1/s1.